The predicted octanol–water partition coefficient (Wildman–Crippen LogP) is 1.69. The van der Waals surface area contributed by atoms with Crippen LogP contribution in [0.4, 0.5) is 0 Å². The maximum Gasteiger partial charge on any atom is 0.240 e. The van der Waals surface area contributed by atoms with Crippen LogP contribution in [0.15, 0.2) is 18.3 Å². The van der Waals surface area contributed by atoms with Crippen LogP contribution in [0.2, 0.25) is 0 Å². The normalized spacial score (nSPS) is 11.1. The van der Waals surface area contributed by atoms with Gasteiger partial charge >= 0.3 is 0 Å². The molecular formula is C12H15ClN4O. The molecule has 0 saturated carbocycles. The van der Waals surface area contributed by atoms with Crippen molar-refractivity contribution in [2.24, 2.45) is 0 Å². The molecule has 0 bridgehead atoms. The van der Waals surface area contributed by atoms with Crippen LogP contribution >= 0.6 is 11.6 Å². The molecule has 0 unspecified atom stereocenters. The summed E-state index contributed by atoms with van der Waals surface area (Å²) < 4.78 is 1.75. The van der Waals surface area contributed by atoms with Gasteiger partial charge in [0.05, 0.1) is 5.88 Å². The molecule has 5 nitrogen and oxygen atoms in total. The topological polar surface area (TPSA) is 59.8 Å². The molecule has 1 N–H and O–H groups in total. The number of rotatable bonds is 4. The van der Waals surface area contributed by atoms with E-state index in [1.165, 1.54) is 0 Å². The Morgan fingerprint density at radius 1 is 1.56 bits per heavy atom. The minimum absolute atomic E-state index is 0.0682. The van der Waals surface area contributed by atoms with E-state index in [-0.39, 0.29) is 24.4 Å². The van der Waals surface area contributed by atoms with E-state index in [2.05, 4.69) is 15.3 Å². The Balaban J connectivity index is 2.33. The summed E-state index contributed by atoms with van der Waals surface area (Å²) in [5, 5.41) is 2.84. The Labute approximate surface area is 110 Å². The second-order valence-corrected chi connectivity index (χ2v) is 4.58. The Hall–Kier alpha value is -1.62. The second-order valence-electron chi connectivity index (χ2n) is 4.32. The first-order valence-electron chi connectivity index (χ1n) is 5.77. The molecule has 18 heavy (non-hydrogen) atoms. The van der Waals surface area contributed by atoms with E-state index >= 15 is 0 Å². The van der Waals surface area contributed by atoms with Crippen LogP contribution in [0.1, 0.15) is 19.7 Å². The lowest BCUT2D eigenvalue weighted by atomic mass is 10.4. The van der Waals surface area contributed by atoms with Crippen molar-refractivity contribution in [3.05, 3.63) is 24.2 Å². The van der Waals surface area contributed by atoms with Gasteiger partial charge in [-0.2, -0.15) is 0 Å². The Bertz CT molecular complexity index is 564. The van der Waals surface area contributed by atoms with Gasteiger partial charge in [-0.15, -0.1) is 11.6 Å². The van der Waals surface area contributed by atoms with Gasteiger partial charge in [0.1, 0.15) is 17.9 Å². The molecule has 6 heteroatoms. The fraction of sp³-hybridized carbons (Fsp3) is 0.417. The van der Waals surface area contributed by atoms with Gasteiger partial charge in [-0.3, -0.25) is 4.79 Å². The van der Waals surface area contributed by atoms with Crippen LogP contribution in [0.3, 0.4) is 0 Å². The van der Waals surface area contributed by atoms with Crippen LogP contribution in [-0.4, -0.2) is 26.5 Å². The number of carbonyl (C=O) groups excluding carboxylic acids is 1. The number of fused-ring (bicyclic) bond motifs is 1. The summed E-state index contributed by atoms with van der Waals surface area (Å²) in [4.78, 5) is 20.4. The smallest absolute Gasteiger partial charge is 0.240 e. The molecule has 2 heterocycles. The van der Waals surface area contributed by atoms with Crippen molar-refractivity contribution in [2.75, 3.05) is 0 Å². The van der Waals surface area contributed by atoms with Crippen LogP contribution in [0.25, 0.3) is 11.2 Å². The lowest BCUT2D eigenvalue weighted by molar-refractivity contribution is -0.122. The number of pyridine rings is 1. The standard InChI is InChI=1S/C12H15ClN4O/c1-8(2)15-11(18)7-17-10(6-13)16-9-4-3-5-14-12(9)17/h3-5,8H,6-7H2,1-2H3,(H,15,18). The van der Waals surface area contributed by atoms with Crippen LogP contribution in [0.5, 0.6) is 0 Å². The van der Waals surface area contributed by atoms with E-state index in [0.717, 1.165) is 5.52 Å². The molecule has 0 saturated heterocycles. The number of hydrogen-bond donors (Lipinski definition) is 1. The fourth-order valence-corrected chi connectivity index (χ4v) is 1.99. The van der Waals surface area contributed by atoms with E-state index in [1.807, 2.05) is 26.0 Å². The molecule has 0 aliphatic heterocycles. The first-order chi connectivity index (χ1) is 8.61. The Morgan fingerprint density at radius 3 is 3.00 bits per heavy atom. The molecule has 0 radical (unpaired) electrons. The fourth-order valence-electron chi connectivity index (χ4n) is 1.78. The lowest BCUT2D eigenvalue weighted by Gasteiger charge is -2.10. The highest BCUT2D eigenvalue weighted by molar-refractivity contribution is 6.16. The third kappa shape index (κ3) is 2.61. The first-order valence-corrected chi connectivity index (χ1v) is 6.30. The van der Waals surface area contributed by atoms with Gasteiger partial charge in [0, 0.05) is 12.2 Å². The zero-order valence-corrected chi connectivity index (χ0v) is 11.1. The highest BCUT2D eigenvalue weighted by Gasteiger charge is 2.13. The zero-order chi connectivity index (χ0) is 13.1. The van der Waals surface area contributed by atoms with Crippen molar-refractivity contribution in [2.45, 2.75) is 32.3 Å². The van der Waals surface area contributed by atoms with E-state index < -0.39 is 0 Å². The summed E-state index contributed by atoms with van der Waals surface area (Å²) in [6.07, 6.45) is 1.68. The number of halogens is 1. The summed E-state index contributed by atoms with van der Waals surface area (Å²) >= 11 is 5.85. The number of nitrogens with zero attached hydrogens (tertiary/aromatic N) is 3. The molecule has 0 aromatic carbocycles. The van der Waals surface area contributed by atoms with Gasteiger partial charge in [0.15, 0.2) is 5.65 Å². The third-order valence-corrected chi connectivity index (χ3v) is 2.69. The highest BCUT2D eigenvalue weighted by atomic mass is 35.5. The van der Waals surface area contributed by atoms with Crippen LogP contribution in [-0.2, 0) is 17.2 Å². The number of hydrogen-bond acceptors (Lipinski definition) is 3. The predicted molar refractivity (Wildman–Crippen MR) is 70.4 cm³/mol. The van der Waals surface area contributed by atoms with Gasteiger partial charge in [-0.1, -0.05) is 0 Å². The van der Waals surface area contributed by atoms with Gasteiger partial charge in [-0.25, -0.2) is 9.97 Å². The Morgan fingerprint density at radius 2 is 2.33 bits per heavy atom. The van der Waals surface area contributed by atoms with Crippen molar-refractivity contribution < 1.29 is 4.79 Å². The van der Waals surface area contributed by atoms with Crippen molar-refractivity contribution >= 4 is 28.7 Å². The number of carbonyl (C=O) groups is 1. The van der Waals surface area contributed by atoms with Crippen molar-refractivity contribution in [3.8, 4) is 0 Å². The maximum absolute atomic E-state index is 11.8. The van der Waals surface area contributed by atoms with Gasteiger partial charge < -0.3 is 9.88 Å². The SMILES string of the molecule is CC(C)NC(=O)Cn1c(CCl)nc2cccnc21. The summed E-state index contributed by atoms with van der Waals surface area (Å²) in [5.74, 6) is 0.844. The summed E-state index contributed by atoms with van der Waals surface area (Å²) in [7, 11) is 0. The monoisotopic (exact) mass is 266 g/mol. The molecule has 0 atom stereocenters. The highest BCUT2D eigenvalue weighted by Crippen LogP contribution is 2.14. The number of aromatic nitrogens is 3. The quantitative estimate of drug-likeness (QED) is 0.857. The zero-order valence-electron chi connectivity index (χ0n) is 10.4. The Kier molecular flexibility index (Phi) is 3.81. The first kappa shape index (κ1) is 12.8. The second kappa shape index (κ2) is 5.35. The number of imidazole rings is 1. The van der Waals surface area contributed by atoms with Crippen molar-refractivity contribution in [1.82, 2.24) is 19.9 Å². The van der Waals surface area contributed by atoms with E-state index in [0.29, 0.717) is 11.5 Å². The molecule has 2 rings (SSSR count). The van der Waals surface area contributed by atoms with Gasteiger partial charge in [0.2, 0.25) is 5.91 Å². The minimum atomic E-state index is -0.0682. The van der Waals surface area contributed by atoms with Gasteiger partial charge in [0.25, 0.3) is 0 Å². The van der Waals surface area contributed by atoms with Crippen molar-refractivity contribution in [3.63, 3.8) is 0 Å². The van der Waals surface area contributed by atoms with Crippen LogP contribution in [0, 0.1) is 0 Å². The van der Waals surface area contributed by atoms with E-state index in [4.69, 9.17) is 11.6 Å². The number of alkyl halides is 1. The van der Waals surface area contributed by atoms with Crippen LogP contribution < -0.4 is 5.32 Å². The molecule has 96 valence electrons. The lowest BCUT2D eigenvalue weighted by Crippen LogP contribution is -2.33. The molecule has 0 fully saturated rings. The number of nitrogens with one attached hydrogen (secondary N) is 1. The van der Waals surface area contributed by atoms with E-state index in [9.17, 15) is 4.79 Å². The number of amides is 1. The minimum Gasteiger partial charge on any atom is -0.352 e. The molecule has 2 aromatic heterocycles. The third-order valence-electron chi connectivity index (χ3n) is 2.45. The largest absolute Gasteiger partial charge is 0.352 e. The molecular weight excluding hydrogens is 252 g/mol. The molecule has 0 spiro atoms. The average Bonchev–Trinajstić information content (AvgIpc) is 2.66. The molecule has 2 aromatic rings. The van der Waals surface area contributed by atoms with Gasteiger partial charge in [-0.05, 0) is 26.0 Å². The summed E-state index contributed by atoms with van der Waals surface area (Å²) in [6, 6.07) is 3.78. The maximum atomic E-state index is 11.8. The molecule has 1 amide bonds. The summed E-state index contributed by atoms with van der Waals surface area (Å²) in [5.41, 5.74) is 1.44. The van der Waals surface area contributed by atoms with Crippen molar-refractivity contribution in [1.29, 1.82) is 0 Å². The molecule has 0 aliphatic carbocycles. The average molecular weight is 267 g/mol. The molecule has 0 aliphatic rings. The summed E-state index contributed by atoms with van der Waals surface area (Å²) in [6.45, 7) is 4.03. The van der Waals surface area contributed by atoms with E-state index in [1.54, 1.807) is 10.8 Å².